The SMILES string of the molecule is CC(C)C(=O)CN1CCOC1=O. The summed E-state index contributed by atoms with van der Waals surface area (Å²) in [5.74, 6) is 0.0623. The van der Waals surface area contributed by atoms with E-state index in [0.717, 1.165) is 0 Å². The van der Waals surface area contributed by atoms with E-state index in [-0.39, 0.29) is 24.3 Å². The van der Waals surface area contributed by atoms with Crippen molar-refractivity contribution in [2.24, 2.45) is 5.92 Å². The molecule has 0 atom stereocenters. The molecule has 0 aromatic carbocycles. The zero-order chi connectivity index (χ0) is 9.14. The summed E-state index contributed by atoms with van der Waals surface area (Å²) in [6.07, 6.45) is -0.371. The molecule has 12 heavy (non-hydrogen) atoms. The molecule has 0 bridgehead atoms. The number of hydrogen-bond donors (Lipinski definition) is 0. The number of nitrogens with zero attached hydrogens (tertiary/aromatic N) is 1. The zero-order valence-electron chi connectivity index (χ0n) is 7.37. The Balaban J connectivity index is 2.40. The fourth-order valence-electron chi connectivity index (χ4n) is 0.940. The zero-order valence-corrected chi connectivity index (χ0v) is 7.37. The molecule has 1 fully saturated rings. The average molecular weight is 171 g/mol. The van der Waals surface area contributed by atoms with Crippen molar-refractivity contribution in [1.82, 2.24) is 4.90 Å². The quantitative estimate of drug-likeness (QED) is 0.626. The van der Waals surface area contributed by atoms with E-state index in [9.17, 15) is 9.59 Å². The third-order valence-corrected chi connectivity index (χ3v) is 1.84. The number of ether oxygens (including phenoxy) is 1. The molecule has 0 aromatic rings. The summed E-state index contributed by atoms with van der Waals surface area (Å²) in [6, 6.07) is 0. The minimum atomic E-state index is -0.371. The van der Waals surface area contributed by atoms with Crippen LogP contribution in [0.3, 0.4) is 0 Å². The van der Waals surface area contributed by atoms with E-state index in [1.165, 1.54) is 4.90 Å². The molecule has 1 amide bonds. The third kappa shape index (κ3) is 1.96. The number of cyclic esters (lactones) is 1. The smallest absolute Gasteiger partial charge is 0.410 e. The molecule has 1 aliphatic rings. The van der Waals surface area contributed by atoms with Crippen LogP contribution in [0.4, 0.5) is 4.79 Å². The summed E-state index contributed by atoms with van der Waals surface area (Å²) in [5, 5.41) is 0. The Morgan fingerprint density at radius 3 is 2.75 bits per heavy atom. The van der Waals surface area contributed by atoms with Gasteiger partial charge in [0.05, 0.1) is 13.1 Å². The normalized spacial score (nSPS) is 16.9. The molecule has 0 N–H and O–H groups in total. The van der Waals surface area contributed by atoms with Crippen LogP contribution in [0.15, 0.2) is 0 Å². The Kier molecular flexibility index (Phi) is 2.68. The molecule has 0 radical (unpaired) electrons. The van der Waals surface area contributed by atoms with Crippen molar-refractivity contribution in [3.8, 4) is 0 Å². The number of rotatable bonds is 3. The van der Waals surface area contributed by atoms with Gasteiger partial charge in [0, 0.05) is 5.92 Å². The molecule has 0 saturated carbocycles. The van der Waals surface area contributed by atoms with Crippen LogP contribution in [0.5, 0.6) is 0 Å². The van der Waals surface area contributed by atoms with Gasteiger partial charge in [0.25, 0.3) is 0 Å². The lowest BCUT2D eigenvalue weighted by molar-refractivity contribution is -0.122. The van der Waals surface area contributed by atoms with Gasteiger partial charge < -0.3 is 4.74 Å². The highest BCUT2D eigenvalue weighted by Crippen LogP contribution is 2.05. The van der Waals surface area contributed by atoms with Crippen molar-refractivity contribution < 1.29 is 14.3 Å². The lowest BCUT2D eigenvalue weighted by atomic mass is 10.1. The van der Waals surface area contributed by atoms with Crippen LogP contribution in [-0.4, -0.2) is 36.5 Å². The van der Waals surface area contributed by atoms with Gasteiger partial charge in [-0.3, -0.25) is 9.69 Å². The second-order valence-electron chi connectivity index (χ2n) is 3.16. The van der Waals surface area contributed by atoms with Gasteiger partial charge in [-0.1, -0.05) is 13.8 Å². The van der Waals surface area contributed by atoms with Crippen molar-refractivity contribution in [3.63, 3.8) is 0 Å². The Hall–Kier alpha value is -1.06. The second-order valence-corrected chi connectivity index (χ2v) is 3.16. The highest BCUT2D eigenvalue weighted by atomic mass is 16.6. The minimum Gasteiger partial charge on any atom is -0.448 e. The standard InChI is InChI=1S/C8H13NO3/c1-6(2)7(10)5-9-3-4-12-8(9)11/h6H,3-5H2,1-2H3. The van der Waals surface area contributed by atoms with E-state index >= 15 is 0 Å². The van der Waals surface area contributed by atoms with Gasteiger partial charge in [0.2, 0.25) is 0 Å². The summed E-state index contributed by atoms with van der Waals surface area (Å²) in [6.45, 7) is 4.78. The van der Waals surface area contributed by atoms with Gasteiger partial charge in [-0.2, -0.15) is 0 Å². The van der Waals surface area contributed by atoms with Crippen molar-refractivity contribution in [2.45, 2.75) is 13.8 Å². The van der Waals surface area contributed by atoms with Crippen molar-refractivity contribution in [1.29, 1.82) is 0 Å². The van der Waals surface area contributed by atoms with E-state index in [1.807, 2.05) is 13.8 Å². The summed E-state index contributed by atoms with van der Waals surface area (Å²) >= 11 is 0. The topological polar surface area (TPSA) is 46.6 Å². The molecule has 68 valence electrons. The third-order valence-electron chi connectivity index (χ3n) is 1.84. The first-order valence-electron chi connectivity index (χ1n) is 4.05. The summed E-state index contributed by atoms with van der Waals surface area (Å²) in [5.41, 5.74) is 0. The fourth-order valence-corrected chi connectivity index (χ4v) is 0.940. The van der Waals surface area contributed by atoms with Gasteiger partial charge in [-0.25, -0.2) is 4.79 Å². The Labute approximate surface area is 71.5 Å². The van der Waals surface area contributed by atoms with Crippen LogP contribution < -0.4 is 0 Å². The number of hydrogen-bond acceptors (Lipinski definition) is 3. The number of ketones is 1. The maximum absolute atomic E-state index is 11.2. The maximum atomic E-state index is 11.2. The highest BCUT2D eigenvalue weighted by Gasteiger charge is 2.24. The van der Waals surface area contributed by atoms with E-state index in [1.54, 1.807) is 0 Å². The van der Waals surface area contributed by atoms with Gasteiger partial charge in [-0.15, -0.1) is 0 Å². The first kappa shape index (κ1) is 9.03. The molecule has 1 saturated heterocycles. The molecule has 4 heteroatoms. The Morgan fingerprint density at radius 2 is 2.33 bits per heavy atom. The van der Waals surface area contributed by atoms with Crippen LogP contribution in [-0.2, 0) is 9.53 Å². The lowest BCUT2D eigenvalue weighted by Crippen LogP contribution is -2.32. The van der Waals surface area contributed by atoms with E-state index in [4.69, 9.17) is 0 Å². The van der Waals surface area contributed by atoms with Crippen LogP contribution in [0, 0.1) is 5.92 Å². The maximum Gasteiger partial charge on any atom is 0.410 e. The minimum absolute atomic E-state index is 0.0154. The van der Waals surface area contributed by atoms with Gasteiger partial charge >= 0.3 is 6.09 Å². The average Bonchev–Trinajstić information content (AvgIpc) is 2.36. The number of amides is 1. The molecular formula is C8H13NO3. The van der Waals surface area contributed by atoms with Crippen molar-refractivity contribution in [3.05, 3.63) is 0 Å². The highest BCUT2D eigenvalue weighted by molar-refractivity contribution is 5.85. The van der Waals surface area contributed by atoms with Crippen molar-refractivity contribution >= 4 is 11.9 Å². The Bertz CT molecular complexity index is 200. The monoisotopic (exact) mass is 171 g/mol. The number of carbonyl (C=O) groups is 2. The van der Waals surface area contributed by atoms with E-state index in [0.29, 0.717) is 13.2 Å². The van der Waals surface area contributed by atoms with Crippen LogP contribution in [0.2, 0.25) is 0 Å². The lowest BCUT2D eigenvalue weighted by Gasteiger charge is -2.12. The number of Topliss-reactive ketones (excluding diaryl/α,β-unsaturated/α-hetero) is 1. The second kappa shape index (κ2) is 3.56. The molecule has 1 rings (SSSR count). The van der Waals surface area contributed by atoms with Crippen LogP contribution >= 0.6 is 0 Å². The molecule has 1 heterocycles. The molecule has 1 aliphatic heterocycles. The van der Waals surface area contributed by atoms with Crippen molar-refractivity contribution in [2.75, 3.05) is 19.7 Å². The first-order valence-corrected chi connectivity index (χ1v) is 4.05. The summed E-state index contributed by atoms with van der Waals surface area (Å²) < 4.78 is 4.68. The number of carbonyl (C=O) groups excluding carboxylic acids is 2. The van der Waals surface area contributed by atoms with Gasteiger partial charge in [-0.05, 0) is 0 Å². The molecule has 0 unspecified atom stereocenters. The Morgan fingerprint density at radius 1 is 1.67 bits per heavy atom. The molecule has 0 aliphatic carbocycles. The van der Waals surface area contributed by atoms with Gasteiger partial charge in [0.15, 0.2) is 5.78 Å². The first-order chi connectivity index (χ1) is 5.61. The predicted octanol–water partition coefficient (Wildman–Crippen LogP) is 0.664. The predicted molar refractivity (Wildman–Crippen MR) is 42.8 cm³/mol. The van der Waals surface area contributed by atoms with Gasteiger partial charge in [0.1, 0.15) is 6.61 Å². The molecule has 0 aromatic heterocycles. The summed E-state index contributed by atoms with van der Waals surface area (Å²) in [7, 11) is 0. The van der Waals surface area contributed by atoms with E-state index in [2.05, 4.69) is 4.74 Å². The van der Waals surface area contributed by atoms with Crippen LogP contribution in [0.25, 0.3) is 0 Å². The van der Waals surface area contributed by atoms with Crippen LogP contribution in [0.1, 0.15) is 13.8 Å². The molecule has 4 nitrogen and oxygen atoms in total. The fraction of sp³-hybridized carbons (Fsp3) is 0.750. The van der Waals surface area contributed by atoms with E-state index < -0.39 is 0 Å². The summed E-state index contributed by atoms with van der Waals surface area (Å²) in [4.78, 5) is 23.5. The largest absolute Gasteiger partial charge is 0.448 e. The molecule has 0 spiro atoms. The molecular weight excluding hydrogens is 158 g/mol.